The van der Waals surface area contributed by atoms with Crippen molar-refractivity contribution in [2.45, 2.75) is 64.1 Å². The number of rotatable bonds is 5. The topological polar surface area (TPSA) is 35.5 Å². The first kappa shape index (κ1) is 15.7. The number of aliphatic hydroxyl groups is 1. The number of nitrogens with one attached hydrogen (secondary N) is 1. The van der Waals surface area contributed by atoms with E-state index in [0.717, 1.165) is 32.4 Å². The molecule has 1 rings (SSSR count). The number of hydrogen-bond acceptors (Lipinski definition) is 3. The van der Waals surface area contributed by atoms with E-state index < -0.39 is 0 Å². The Bertz CT molecular complexity index is 270. The van der Waals surface area contributed by atoms with Crippen molar-refractivity contribution in [1.29, 1.82) is 0 Å². The third kappa shape index (κ3) is 5.51. The molecule has 3 nitrogen and oxygen atoms in total. The van der Waals surface area contributed by atoms with E-state index in [4.69, 9.17) is 0 Å². The van der Waals surface area contributed by atoms with Gasteiger partial charge in [0.1, 0.15) is 0 Å². The Labute approximate surface area is 112 Å². The number of nitrogens with zero attached hydrogens (tertiary/aromatic N) is 1. The predicted molar refractivity (Wildman–Crippen MR) is 77.8 cm³/mol. The zero-order valence-electron chi connectivity index (χ0n) is 12.5. The van der Waals surface area contributed by atoms with Crippen LogP contribution in [0.1, 0.15) is 46.5 Å². The normalized spacial score (nSPS) is 25.4. The third-order valence-electron chi connectivity index (χ3n) is 3.60. The molecule has 1 aliphatic rings. The molecule has 2 N–H and O–H groups in total. The molecule has 1 fully saturated rings. The van der Waals surface area contributed by atoms with Crippen LogP contribution in [0, 0.1) is 0 Å². The first-order chi connectivity index (χ1) is 8.29. The van der Waals surface area contributed by atoms with Crippen molar-refractivity contribution in [3.8, 4) is 0 Å². The SMILES string of the molecule is C=C(CNC(C)(C)C)CN(C)C1CCCCC1O. The van der Waals surface area contributed by atoms with Crippen molar-refractivity contribution in [3.63, 3.8) is 0 Å². The van der Waals surface area contributed by atoms with E-state index in [1.165, 1.54) is 12.0 Å². The summed E-state index contributed by atoms with van der Waals surface area (Å²) in [4.78, 5) is 2.26. The lowest BCUT2D eigenvalue weighted by molar-refractivity contribution is 0.0360. The molecule has 0 saturated heterocycles. The minimum absolute atomic E-state index is 0.131. The van der Waals surface area contributed by atoms with E-state index >= 15 is 0 Å². The predicted octanol–water partition coefficient (Wildman–Crippen LogP) is 2.17. The average Bonchev–Trinajstić information content (AvgIpc) is 2.26. The zero-order chi connectivity index (χ0) is 13.8. The first-order valence-corrected chi connectivity index (χ1v) is 7.09. The summed E-state index contributed by atoms with van der Waals surface area (Å²) in [7, 11) is 2.10. The largest absolute Gasteiger partial charge is 0.391 e. The number of likely N-dealkylation sites (N-methyl/N-ethyl adjacent to an activating group) is 1. The van der Waals surface area contributed by atoms with E-state index in [9.17, 15) is 5.11 Å². The molecule has 2 atom stereocenters. The van der Waals surface area contributed by atoms with Crippen LogP contribution in [-0.2, 0) is 0 Å². The highest BCUT2D eigenvalue weighted by Crippen LogP contribution is 2.22. The van der Waals surface area contributed by atoms with Crippen LogP contribution < -0.4 is 5.32 Å². The van der Waals surface area contributed by atoms with Crippen LogP contribution in [0.3, 0.4) is 0 Å². The quantitative estimate of drug-likeness (QED) is 0.738. The Kier molecular flexibility index (Phi) is 5.83. The second-order valence-electron chi connectivity index (χ2n) is 6.69. The summed E-state index contributed by atoms with van der Waals surface area (Å²) in [6.07, 6.45) is 4.29. The summed E-state index contributed by atoms with van der Waals surface area (Å²) in [5, 5.41) is 13.5. The van der Waals surface area contributed by atoms with Crippen molar-refractivity contribution < 1.29 is 5.11 Å². The smallest absolute Gasteiger partial charge is 0.0695 e. The molecule has 1 saturated carbocycles. The van der Waals surface area contributed by atoms with Gasteiger partial charge in [-0.25, -0.2) is 0 Å². The number of hydrogen-bond donors (Lipinski definition) is 2. The Morgan fingerprint density at radius 3 is 2.50 bits per heavy atom. The van der Waals surface area contributed by atoms with Gasteiger partial charge in [0, 0.05) is 24.7 Å². The molecule has 0 radical (unpaired) electrons. The average molecular weight is 254 g/mol. The standard InChI is InChI=1S/C15H30N2O/c1-12(10-16-15(2,3)4)11-17(5)13-8-6-7-9-14(13)18/h13-14,16,18H,1,6-11H2,2-5H3. The van der Waals surface area contributed by atoms with Gasteiger partial charge in [-0.3, -0.25) is 4.90 Å². The molecule has 0 aromatic heterocycles. The van der Waals surface area contributed by atoms with Gasteiger partial charge < -0.3 is 10.4 Å². The first-order valence-electron chi connectivity index (χ1n) is 7.09. The molecule has 18 heavy (non-hydrogen) atoms. The van der Waals surface area contributed by atoms with Gasteiger partial charge in [0.05, 0.1) is 6.10 Å². The second kappa shape index (κ2) is 6.69. The molecule has 0 bridgehead atoms. The Balaban J connectivity index is 2.34. The van der Waals surface area contributed by atoms with Crippen LogP contribution in [0.4, 0.5) is 0 Å². The third-order valence-corrected chi connectivity index (χ3v) is 3.60. The van der Waals surface area contributed by atoms with Gasteiger partial charge in [0.15, 0.2) is 0 Å². The van der Waals surface area contributed by atoms with E-state index in [1.54, 1.807) is 0 Å². The lowest BCUT2D eigenvalue weighted by atomic mass is 9.91. The summed E-state index contributed by atoms with van der Waals surface area (Å²) in [6, 6.07) is 0.310. The minimum atomic E-state index is -0.160. The molecule has 0 heterocycles. The molecule has 0 aromatic rings. The maximum absolute atomic E-state index is 10.0. The highest BCUT2D eigenvalue weighted by Gasteiger charge is 2.26. The highest BCUT2D eigenvalue weighted by atomic mass is 16.3. The van der Waals surface area contributed by atoms with Crippen molar-refractivity contribution in [1.82, 2.24) is 10.2 Å². The van der Waals surface area contributed by atoms with E-state index in [-0.39, 0.29) is 11.6 Å². The summed E-state index contributed by atoms with van der Waals surface area (Å²) in [6.45, 7) is 12.3. The fourth-order valence-corrected chi connectivity index (χ4v) is 2.52. The lowest BCUT2D eigenvalue weighted by Gasteiger charge is -2.35. The van der Waals surface area contributed by atoms with Crippen molar-refractivity contribution in [3.05, 3.63) is 12.2 Å². The molecular weight excluding hydrogens is 224 g/mol. The van der Waals surface area contributed by atoms with Gasteiger partial charge in [0.25, 0.3) is 0 Å². The van der Waals surface area contributed by atoms with E-state index in [0.29, 0.717) is 6.04 Å². The van der Waals surface area contributed by atoms with Gasteiger partial charge >= 0.3 is 0 Å². The zero-order valence-corrected chi connectivity index (χ0v) is 12.5. The number of aliphatic hydroxyl groups excluding tert-OH is 1. The molecule has 1 aliphatic carbocycles. The molecule has 0 amide bonds. The minimum Gasteiger partial charge on any atom is -0.391 e. The summed E-state index contributed by atoms with van der Waals surface area (Å²) in [5.41, 5.74) is 1.32. The second-order valence-corrected chi connectivity index (χ2v) is 6.69. The van der Waals surface area contributed by atoms with Crippen molar-refractivity contribution in [2.24, 2.45) is 0 Å². The highest BCUT2D eigenvalue weighted by molar-refractivity contribution is 5.02. The maximum atomic E-state index is 10.0. The molecule has 0 aromatic carbocycles. The van der Waals surface area contributed by atoms with Crippen LogP contribution in [-0.4, -0.2) is 47.8 Å². The lowest BCUT2D eigenvalue weighted by Crippen LogP contribution is -2.45. The molecule has 106 valence electrons. The van der Waals surface area contributed by atoms with Crippen LogP contribution >= 0.6 is 0 Å². The molecule has 0 aliphatic heterocycles. The van der Waals surface area contributed by atoms with Gasteiger partial charge in [-0.2, -0.15) is 0 Å². The van der Waals surface area contributed by atoms with Gasteiger partial charge in [0.2, 0.25) is 0 Å². The fourth-order valence-electron chi connectivity index (χ4n) is 2.52. The Hall–Kier alpha value is -0.380. The summed E-state index contributed by atoms with van der Waals surface area (Å²) < 4.78 is 0. The van der Waals surface area contributed by atoms with Gasteiger partial charge in [-0.05, 0) is 46.2 Å². The maximum Gasteiger partial charge on any atom is 0.0695 e. The van der Waals surface area contributed by atoms with Gasteiger partial charge in [-0.1, -0.05) is 19.4 Å². The van der Waals surface area contributed by atoms with Crippen molar-refractivity contribution in [2.75, 3.05) is 20.1 Å². The molecular formula is C15H30N2O. The molecule has 3 heteroatoms. The summed E-state index contributed by atoms with van der Waals surface area (Å²) in [5.74, 6) is 0. The van der Waals surface area contributed by atoms with Crippen LogP contribution in [0.15, 0.2) is 12.2 Å². The Morgan fingerprint density at radius 1 is 1.33 bits per heavy atom. The Morgan fingerprint density at radius 2 is 1.94 bits per heavy atom. The van der Waals surface area contributed by atoms with Crippen LogP contribution in [0.5, 0.6) is 0 Å². The van der Waals surface area contributed by atoms with Gasteiger partial charge in [-0.15, -0.1) is 0 Å². The summed E-state index contributed by atoms with van der Waals surface area (Å²) >= 11 is 0. The van der Waals surface area contributed by atoms with E-state index in [2.05, 4.69) is 44.6 Å². The van der Waals surface area contributed by atoms with Crippen LogP contribution in [0.25, 0.3) is 0 Å². The van der Waals surface area contributed by atoms with E-state index in [1.807, 2.05) is 0 Å². The van der Waals surface area contributed by atoms with Crippen molar-refractivity contribution >= 4 is 0 Å². The monoisotopic (exact) mass is 254 g/mol. The van der Waals surface area contributed by atoms with Crippen LogP contribution in [0.2, 0.25) is 0 Å². The molecule has 2 unspecified atom stereocenters. The fraction of sp³-hybridized carbons (Fsp3) is 0.867. The molecule has 0 spiro atoms.